The summed E-state index contributed by atoms with van der Waals surface area (Å²) in [7, 11) is 0. The van der Waals surface area contributed by atoms with Crippen molar-refractivity contribution in [3.05, 3.63) is 28.2 Å². The van der Waals surface area contributed by atoms with Crippen LogP contribution >= 0.6 is 23.2 Å². The number of carbonyl (C=O) groups excluding carboxylic acids is 2. The first-order valence-corrected chi connectivity index (χ1v) is 8.82. The van der Waals surface area contributed by atoms with E-state index in [1.807, 2.05) is 0 Å². The van der Waals surface area contributed by atoms with E-state index in [-0.39, 0.29) is 5.91 Å². The van der Waals surface area contributed by atoms with Crippen LogP contribution in [0.5, 0.6) is 0 Å². The molecule has 0 radical (unpaired) electrons. The number of anilines is 1. The number of carbonyl (C=O) groups is 3. The average molecular weight is 385 g/mol. The van der Waals surface area contributed by atoms with Crippen LogP contribution in [0.1, 0.15) is 26.2 Å². The Bertz CT molecular complexity index is 754. The molecule has 1 N–H and O–H groups in total. The molecule has 2 unspecified atom stereocenters. The van der Waals surface area contributed by atoms with Gasteiger partial charge in [-0.1, -0.05) is 23.2 Å². The van der Waals surface area contributed by atoms with Gasteiger partial charge in [-0.3, -0.25) is 9.59 Å². The van der Waals surface area contributed by atoms with E-state index < -0.39 is 23.3 Å². The monoisotopic (exact) mass is 384 g/mol. The standard InChI is InChI=1S/C17H18Cl2N2O4/c1-17(16(24)25)6-2-7-21(17)15(23)11-5-8-20(14(11)22)13-9-10(18)3-4-12(13)19/h3-4,9,11H,2,5-8H2,1H3,(H,24,25). The Kier molecular flexibility index (Phi) is 4.68. The minimum absolute atomic E-state index is 0.326. The van der Waals surface area contributed by atoms with Gasteiger partial charge in [0.25, 0.3) is 0 Å². The first-order valence-electron chi connectivity index (χ1n) is 8.07. The molecule has 25 heavy (non-hydrogen) atoms. The SMILES string of the molecule is CC1(C(=O)O)CCCN1C(=O)C1CCN(c2cc(Cl)ccc2Cl)C1=O. The maximum atomic E-state index is 12.9. The molecule has 1 aromatic carbocycles. The van der Waals surface area contributed by atoms with Crippen LogP contribution in [0.4, 0.5) is 5.69 Å². The van der Waals surface area contributed by atoms with Crippen molar-refractivity contribution in [1.29, 1.82) is 0 Å². The van der Waals surface area contributed by atoms with Crippen molar-refractivity contribution < 1.29 is 19.5 Å². The van der Waals surface area contributed by atoms with Gasteiger partial charge in [0.1, 0.15) is 11.5 Å². The van der Waals surface area contributed by atoms with Crippen LogP contribution in [-0.2, 0) is 14.4 Å². The molecule has 0 spiro atoms. The van der Waals surface area contributed by atoms with E-state index in [2.05, 4.69) is 0 Å². The Morgan fingerprint density at radius 3 is 2.68 bits per heavy atom. The summed E-state index contributed by atoms with van der Waals surface area (Å²) in [5, 5.41) is 10.3. The number of benzene rings is 1. The molecule has 2 aliphatic heterocycles. The molecule has 2 atom stereocenters. The summed E-state index contributed by atoms with van der Waals surface area (Å²) in [4.78, 5) is 40.0. The van der Waals surface area contributed by atoms with Crippen LogP contribution in [-0.4, -0.2) is 46.4 Å². The van der Waals surface area contributed by atoms with Crippen molar-refractivity contribution in [1.82, 2.24) is 4.90 Å². The highest BCUT2D eigenvalue weighted by Crippen LogP contribution is 2.36. The number of nitrogens with zero attached hydrogens (tertiary/aromatic N) is 2. The van der Waals surface area contributed by atoms with Gasteiger partial charge in [0.2, 0.25) is 11.8 Å². The third kappa shape index (κ3) is 2.98. The molecule has 134 valence electrons. The molecule has 8 heteroatoms. The summed E-state index contributed by atoms with van der Waals surface area (Å²) in [6.07, 6.45) is 1.32. The van der Waals surface area contributed by atoms with Crippen molar-refractivity contribution in [3.8, 4) is 0 Å². The lowest BCUT2D eigenvalue weighted by atomic mass is 9.97. The lowest BCUT2D eigenvalue weighted by Crippen LogP contribution is -2.53. The van der Waals surface area contributed by atoms with Crippen LogP contribution in [0, 0.1) is 5.92 Å². The van der Waals surface area contributed by atoms with E-state index in [0.29, 0.717) is 48.1 Å². The molecule has 2 aliphatic rings. The second kappa shape index (κ2) is 6.50. The molecular weight excluding hydrogens is 367 g/mol. The number of amides is 2. The number of hydrogen-bond acceptors (Lipinski definition) is 3. The van der Waals surface area contributed by atoms with E-state index in [4.69, 9.17) is 23.2 Å². The molecule has 3 rings (SSSR count). The summed E-state index contributed by atoms with van der Waals surface area (Å²) in [5.74, 6) is -2.72. The highest BCUT2D eigenvalue weighted by molar-refractivity contribution is 6.36. The normalized spacial score (nSPS) is 26.4. The lowest BCUT2D eigenvalue weighted by Gasteiger charge is -2.32. The van der Waals surface area contributed by atoms with Crippen molar-refractivity contribution >= 4 is 46.7 Å². The maximum Gasteiger partial charge on any atom is 0.329 e. The Hall–Kier alpha value is -1.79. The van der Waals surface area contributed by atoms with Crippen molar-refractivity contribution in [2.75, 3.05) is 18.0 Å². The number of rotatable bonds is 3. The van der Waals surface area contributed by atoms with E-state index in [1.165, 1.54) is 16.7 Å². The van der Waals surface area contributed by atoms with Crippen molar-refractivity contribution in [3.63, 3.8) is 0 Å². The van der Waals surface area contributed by atoms with Crippen LogP contribution in [0.15, 0.2) is 18.2 Å². The lowest BCUT2D eigenvalue weighted by molar-refractivity contribution is -0.157. The quantitative estimate of drug-likeness (QED) is 0.812. The molecule has 0 aromatic heterocycles. The predicted molar refractivity (Wildman–Crippen MR) is 93.9 cm³/mol. The maximum absolute atomic E-state index is 12.9. The highest BCUT2D eigenvalue weighted by atomic mass is 35.5. The zero-order valence-corrected chi connectivity index (χ0v) is 15.2. The Morgan fingerprint density at radius 1 is 1.28 bits per heavy atom. The van der Waals surface area contributed by atoms with Crippen molar-refractivity contribution in [2.45, 2.75) is 31.7 Å². The second-order valence-electron chi connectivity index (χ2n) is 6.60. The van der Waals surface area contributed by atoms with Gasteiger partial charge in [-0.25, -0.2) is 4.79 Å². The third-order valence-corrected chi connectivity index (χ3v) is 5.63. The molecule has 2 amide bonds. The number of halogens is 2. The molecule has 2 saturated heterocycles. The zero-order valence-electron chi connectivity index (χ0n) is 13.7. The van der Waals surface area contributed by atoms with Gasteiger partial charge in [0.15, 0.2) is 0 Å². The third-order valence-electron chi connectivity index (χ3n) is 5.07. The minimum Gasteiger partial charge on any atom is -0.480 e. The van der Waals surface area contributed by atoms with Gasteiger partial charge in [-0.05, 0) is 44.4 Å². The van der Waals surface area contributed by atoms with Gasteiger partial charge >= 0.3 is 5.97 Å². The van der Waals surface area contributed by atoms with Gasteiger partial charge in [0.05, 0.1) is 10.7 Å². The fourth-order valence-electron chi connectivity index (χ4n) is 3.57. The Balaban J connectivity index is 1.83. The summed E-state index contributed by atoms with van der Waals surface area (Å²) in [5.41, 5.74) is -0.782. The number of carboxylic acids is 1. The second-order valence-corrected chi connectivity index (χ2v) is 7.44. The summed E-state index contributed by atoms with van der Waals surface area (Å²) in [6, 6.07) is 4.81. The Labute approximate surface area is 155 Å². The summed E-state index contributed by atoms with van der Waals surface area (Å²) < 4.78 is 0. The number of hydrogen-bond donors (Lipinski definition) is 1. The summed E-state index contributed by atoms with van der Waals surface area (Å²) >= 11 is 12.1. The largest absolute Gasteiger partial charge is 0.480 e. The van der Waals surface area contributed by atoms with Crippen LogP contribution in [0.2, 0.25) is 10.0 Å². The molecular formula is C17H18Cl2N2O4. The fraction of sp³-hybridized carbons (Fsp3) is 0.471. The number of aliphatic carboxylic acids is 1. The van der Waals surface area contributed by atoms with E-state index in [1.54, 1.807) is 18.2 Å². The molecule has 1 aromatic rings. The number of likely N-dealkylation sites (tertiary alicyclic amines) is 1. The topological polar surface area (TPSA) is 77.9 Å². The first-order chi connectivity index (χ1) is 11.8. The van der Waals surface area contributed by atoms with Crippen LogP contribution in [0.25, 0.3) is 0 Å². The molecule has 2 heterocycles. The predicted octanol–water partition coefficient (Wildman–Crippen LogP) is 2.81. The minimum atomic E-state index is -1.25. The van der Waals surface area contributed by atoms with Gasteiger partial charge in [-0.15, -0.1) is 0 Å². The summed E-state index contributed by atoms with van der Waals surface area (Å²) in [6.45, 7) is 2.22. The van der Waals surface area contributed by atoms with Crippen LogP contribution < -0.4 is 4.90 Å². The van der Waals surface area contributed by atoms with Gasteiger partial charge < -0.3 is 14.9 Å². The fourth-order valence-corrected chi connectivity index (χ4v) is 3.95. The Morgan fingerprint density at radius 2 is 2.00 bits per heavy atom. The zero-order chi connectivity index (χ0) is 18.4. The van der Waals surface area contributed by atoms with E-state index >= 15 is 0 Å². The first kappa shape index (κ1) is 18.0. The molecule has 0 saturated carbocycles. The van der Waals surface area contributed by atoms with E-state index in [0.717, 1.165) is 0 Å². The van der Waals surface area contributed by atoms with E-state index in [9.17, 15) is 19.5 Å². The highest BCUT2D eigenvalue weighted by Gasteiger charge is 2.50. The molecule has 2 fully saturated rings. The smallest absolute Gasteiger partial charge is 0.329 e. The van der Waals surface area contributed by atoms with Crippen molar-refractivity contribution in [2.24, 2.45) is 5.92 Å². The number of carboxylic acid groups (broad SMARTS) is 1. The van der Waals surface area contributed by atoms with Gasteiger partial charge in [-0.2, -0.15) is 0 Å². The van der Waals surface area contributed by atoms with Crippen LogP contribution in [0.3, 0.4) is 0 Å². The molecule has 0 aliphatic carbocycles. The van der Waals surface area contributed by atoms with Gasteiger partial charge in [0, 0.05) is 18.1 Å². The molecule has 0 bridgehead atoms. The average Bonchev–Trinajstić information content (AvgIpc) is 3.13. The molecule has 6 nitrogen and oxygen atoms in total.